The maximum absolute atomic E-state index is 6.26. The molecule has 1 heteroatoms. The molecule has 1 aliphatic heterocycles. The van der Waals surface area contributed by atoms with Crippen molar-refractivity contribution >= 4 is 21.5 Å². The van der Waals surface area contributed by atoms with Crippen LogP contribution in [0.1, 0.15) is 49.8 Å². The first-order chi connectivity index (χ1) is 14.3. The van der Waals surface area contributed by atoms with Gasteiger partial charge < -0.3 is 4.74 Å². The van der Waals surface area contributed by atoms with Crippen molar-refractivity contribution in [3.05, 3.63) is 77.4 Å². The number of rotatable bonds is 5. The van der Waals surface area contributed by atoms with E-state index in [1.807, 2.05) is 0 Å². The Labute approximate surface area is 173 Å². The Bertz CT molecular complexity index is 1200. The van der Waals surface area contributed by atoms with Gasteiger partial charge in [-0.1, -0.05) is 75.2 Å². The molecule has 5 rings (SSSR count). The van der Waals surface area contributed by atoms with Crippen molar-refractivity contribution in [3.63, 3.8) is 0 Å². The molecular formula is C28H28O. The van der Waals surface area contributed by atoms with Gasteiger partial charge >= 0.3 is 0 Å². The van der Waals surface area contributed by atoms with E-state index in [1.54, 1.807) is 0 Å². The molecule has 0 fully saturated rings. The fourth-order valence-electron chi connectivity index (χ4n) is 4.64. The largest absolute Gasteiger partial charge is 0.488 e. The molecule has 0 saturated heterocycles. The van der Waals surface area contributed by atoms with Gasteiger partial charge in [-0.15, -0.1) is 0 Å². The minimum Gasteiger partial charge on any atom is -0.488 e. The number of benzene rings is 4. The molecular weight excluding hydrogens is 352 g/mol. The summed E-state index contributed by atoms with van der Waals surface area (Å²) in [4.78, 5) is 0. The summed E-state index contributed by atoms with van der Waals surface area (Å²) in [6, 6.07) is 22.9. The number of hydrogen-bond donors (Lipinski definition) is 0. The molecule has 0 bridgehead atoms. The number of unbranched alkanes of at least 4 members (excludes halogenated alkanes) is 1. The Morgan fingerprint density at radius 1 is 0.690 bits per heavy atom. The van der Waals surface area contributed by atoms with Crippen LogP contribution in [0.15, 0.2) is 60.7 Å². The Morgan fingerprint density at radius 3 is 2.34 bits per heavy atom. The molecule has 0 atom stereocenters. The summed E-state index contributed by atoms with van der Waals surface area (Å²) in [5.41, 5.74) is 6.70. The van der Waals surface area contributed by atoms with Crippen LogP contribution in [0.2, 0.25) is 0 Å². The molecule has 4 aromatic rings. The molecule has 0 saturated carbocycles. The topological polar surface area (TPSA) is 9.23 Å². The zero-order chi connectivity index (χ0) is 19.8. The van der Waals surface area contributed by atoms with Gasteiger partial charge in [-0.05, 0) is 69.6 Å². The van der Waals surface area contributed by atoms with Crippen LogP contribution in [0.5, 0.6) is 5.75 Å². The fraction of sp³-hybridized carbons (Fsp3) is 0.286. The summed E-state index contributed by atoms with van der Waals surface area (Å²) >= 11 is 0. The number of ether oxygens (including phenoxy) is 1. The van der Waals surface area contributed by atoms with E-state index in [0.29, 0.717) is 6.61 Å². The van der Waals surface area contributed by atoms with Crippen LogP contribution in [0.25, 0.3) is 32.7 Å². The van der Waals surface area contributed by atoms with E-state index >= 15 is 0 Å². The summed E-state index contributed by atoms with van der Waals surface area (Å²) < 4.78 is 6.26. The Kier molecular flexibility index (Phi) is 4.75. The number of hydrogen-bond acceptors (Lipinski definition) is 1. The summed E-state index contributed by atoms with van der Waals surface area (Å²) in [5, 5.41) is 5.22. The minimum atomic E-state index is 0.647. The normalized spacial score (nSPS) is 12.6. The lowest BCUT2D eigenvalue weighted by molar-refractivity contribution is 0.304. The van der Waals surface area contributed by atoms with E-state index in [4.69, 9.17) is 4.74 Å². The first-order valence-electron chi connectivity index (χ1n) is 11.0. The summed E-state index contributed by atoms with van der Waals surface area (Å²) in [7, 11) is 0. The Balaban J connectivity index is 1.60. The SMILES string of the molecule is CCCCc1ccc2cc3c(cc2c1)OCc1c-3ccc2cc(CCC)ccc12. The van der Waals surface area contributed by atoms with Crippen LogP contribution in [-0.2, 0) is 19.4 Å². The zero-order valence-corrected chi connectivity index (χ0v) is 17.4. The van der Waals surface area contributed by atoms with E-state index in [1.165, 1.54) is 68.6 Å². The van der Waals surface area contributed by atoms with Crippen LogP contribution in [-0.4, -0.2) is 0 Å². The standard InChI is InChI=1S/C28H28O/c1-3-5-7-20-8-10-21-16-26-25-13-11-22-14-19(6-4-2)9-12-24(22)27(25)18-29-28(26)17-23(21)15-20/h8-17H,3-7,18H2,1-2H3. The third-order valence-electron chi connectivity index (χ3n) is 6.22. The molecule has 0 spiro atoms. The van der Waals surface area contributed by atoms with Crippen molar-refractivity contribution in [1.29, 1.82) is 0 Å². The van der Waals surface area contributed by atoms with Gasteiger partial charge in [0.15, 0.2) is 0 Å². The molecule has 0 amide bonds. The fourth-order valence-corrected chi connectivity index (χ4v) is 4.64. The van der Waals surface area contributed by atoms with Crippen molar-refractivity contribution in [2.75, 3.05) is 0 Å². The molecule has 1 nitrogen and oxygen atoms in total. The third-order valence-corrected chi connectivity index (χ3v) is 6.22. The lowest BCUT2D eigenvalue weighted by Gasteiger charge is -2.23. The first kappa shape index (κ1) is 18.2. The zero-order valence-electron chi connectivity index (χ0n) is 17.4. The Hall–Kier alpha value is -2.80. The molecule has 4 aromatic carbocycles. The minimum absolute atomic E-state index is 0.647. The molecule has 0 aliphatic carbocycles. The summed E-state index contributed by atoms with van der Waals surface area (Å²) in [6.07, 6.45) is 5.95. The second kappa shape index (κ2) is 7.55. The van der Waals surface area contributed by atoms with Gasteiger partial charge in [0.05, 0.1) is 0 Å². The van der Waals surface area contributed by atoms with Gasteiger partial charge in [-0.3, -0.25) is 0 Å². The van der Waals surface area contributed by atoms with Gasteiger partial charge in [0.25, 0.3) is 0 Å². The highest BCUT2D eigenvalue weighted by Gasteiger charge is 2.20. The monoisotopic (exact) mass is 380 g/mol. The van der Waals surface area contributed by atoms with Gasteiger partial charge in [0.2, 0.25) is 0 Å². The number of aryl methyl sites for hydroxylation is 2. The quantitative estimate of drug-likeness (QED) is 0.342. The predicted octanol–water partition coefficient (Wildman–Crippen LogP) is 7.85. The molecule has 1 aliphatic rings. The number of fused-ring (bicyclic) bond motifs is 6. The van der Waals surface area contributed by atoms with Gasteiger partial charge in [-0.2, -0.15) is 0 Å². The molecule has 29 heavy (non-hydrogen) atoms. The van der Waals surface area contributed by atoms with Gasteiger partial charge in [0, 0.05) is 11.1 Å². The molecule has 0 unspecified atom stereocenters. The van der Waals surface area contributed by atoms with Crippen molar-refractivity contribution in [3.8, 4) is 16.9 Å². The average Bonchev–Trinajstić information content (AvgIpc) is 2.75. The highest BCUT2D eigenvalue weighted by molar-refractivity contribution is 5.97. The molecule has 0 aromatic heterocycles. The van der Waals surface area contributed by atoms with Crippen molar-refractivity contribution in [2.45, 2.75) is 52.6 Å². The predicted molar refractivity (Wildman–Crippen MR) is 124 cm³/mol. The molecule has 146 valence electrons. The maximum atomic E-state index is 6.26. The molecule has 0 N–H and O–H groups in total. The van der Waals surface area contributed by atoms with Crippen molar-refractivity contribution in [1.82, 2.24) is 0 Å². The maximum Gasteiger partial charge on any atom is 0.128 e. The molecule has 0 radical (unpaired) electrons. The summed E-state index contributed by atoms with van der Waals surface area (Å²) in [6.45, 7) is 5.13. The molecule has 1 heterocycles. The van der Waals surface area contributed by atoms with Crippen LogP contribution >= 0.6 is 0 Å². The smallest absolute Gasteiger partial charge is 0.128 e. The highest BCUT2D eigenvalue weighted by atomic mass is 16.5. The van der Waals surface area contributed by atoms with E-state index in [0.717, 1.165) is 18.6 Å². The lowest BCUT2D eigenvalue weighted by Crippen LogP contribution is -2.06. The van der Waals surface area contributed by atoms with E-state index in [9.17, 15) is 0 Å². The lowest BCUT2D eigenvalue weighted by atomic mass is 9.90. The summed E-state index contributed by atoms with van der Waals surface area (Å²) in [5.74, 6) is 1.01. The Morgan fingerprint density at radius 2 is 1.48 bits per heavy atom. The van der Waals surface area contributed by atoms with E-state index < -0.39 is 0 Å². The van der Waals surface area contributed by atoms with E-state index in [-0.39, 0.29) is 0 Å². The van der Waals surface area contributed by atoms with Crippen molar-refractivity contribution in [2.24, 2.45) is 0 Å². The van der Waals surface area contributed by atoms with Gasteiger partial charge in [-0.25, -0.2) is 0 Å². The highest BCUT2D eigenvalue weighted by Crippen LogP contribution is 2.42. The van der Waals surface area contributed by atoms with E-state index in [2.05, 4.69) is 74.5 Å². The van der Waals surface area contributed by atoms with Crippen molar-refractivity contribution < 1.29 is 4.74 Å². The van der Waals surface area contributed by atoms with Gasteiger partial charge in [0.1, 0.15) is 12.4 Å². The average molecular weight is 381 g/mol. The van der Waals surface area contributed by atoms with Crippen LogP contribution in [0.3, 0.4) is 0 Å². The van der Waals surface area contributed by atoms with Crippen LogP contribution in [0, 0.1) is 0 Å². The second-order valence-corrected chi connectivity index (χ2v) is 8.32. The van der Waals surface area contributed by atoms with Crippen LogP contribution in [0.4, 0.5) is 0 Å². The second-order valence-electron chi connectivity index (χ2n) is 8.32. The third kappa shape index (κ3) is 3.29. The van der Waals surface area contributed by atoms with Crippen LogP contribution < -0.4 is 4.74 Å². The first-order valence-corrected chi connectivity index (χ1v) is 11.0.